The maximum absolute atomic E-state index is 10.2. The van der Waals surface area contributed by atoms with Crippen LogP contribution in [0.5, 0.6) is 0 Å². The lowest BCUT2D eigenvalue weighted by Gasteiger charge is -2.31. The Morgan fingerprint density at radius 3 is 2.50 bits per heavy atom. The molecule has 0 aliphatic carbocycles. The van der Waals surface area contributed by atoms with E-state index in [4.69, 9.17) is 0 Å². The summed E-state index contributed by atoms with van der Waals surface area (Å²) in [5, 5.41) is 13.5. The van der Waals surface area contributed by atoms with Gasteiger partial charge in [-0.1, -0.05) is 36.9 Å². The minimum absolute atomic E-state index is 0.0230. The van der Waals surface area contributed by atoms with Gasteiger partial charge in [0.25, 0.3) is 0 Å². The molecule has 0 amide bonds. The maximum atomic E-state index is 10.2. The van der Waals surface area contributed by atoms with Crippen molar-refractivity contribution in [2.45, 2.75) is 39.0 Å². The minimum Gasteiger partial charge on any atom is -0.384 e. The molecular weight excluding hydrogens is 198 g/mol. The Labute approximate surface area is 98.0 Å². The van der Waals surface area contributed by atoms with E-state index in [2.05, 4.69) is 24.0 Å². The summed E-state index contributed by atoms with van der Waals surface area (Å²) < 4.78 is 0. The first-order valence-electron chi connectivity index (χ1n) is 5.60. The van der Waals surface area contributed by atoms with Gasteiger partial charge < -0.3 is 10.4 Å². The van der Waals surface area contributed by atoms with Gasteiger partial charge >= 0.3 is 0 Å². The fraction of sp³-hybridized carbons (Fsp3) is 0.429. The second kappa shape index (κ2) is 5.28. The third-order valence-electron chi connectivity index (χ3n) is 3.16. The standard InChI is InChI=1S/C14H21NO/c1-11(2)14(4,16)12(3)15-10-13-8-6-5-7-9-13/h5-9,12,15-16H,1,10H2,2-4H3. The Bertz CT molecular complexity index is 343. The molecule has 1 aromatic carbocycles. The summed E-state index contributed by atoms with van der Waals surface area (Å²) in [5.74, 6) is 0. The van der Waals surface area contributed by atoms with Crippen molar-refractivity contribution in [1.29, 1.82) is 0 Å². The van der Waals surface area contributed by atoms with E-state index < -0.39 is 5.60 Å². The zero-order valence-corrected chi connectivity index (χ0v) is 10.3. The molecule has 88 valence electrons. The first kappa shape index (κ1) is 12.9. The van der Waals surface area contributed by atoms with Crippen LogP contribution in [-0.4, -0.2) is 16.7 Å². The van der Waals surface area contributed by atoms with Gasteiger partial charge in [0.05, 0.1) is 5.60 Å². The zero-order valence-electron chi connectivity index (χ0n) is 10.3. The second-order valence-corrected chi connectivity index (χ2v) is 4.52. The van der Waals surface area contributed by atoms with Gasteiger partial charge in [-0.3, -0.25) is 0 Å². The molecular formula is C14H21NO. The summed E-state index contributed by atoms with van der Waals surface area (Å²) in [6.45, 7) is 10.2. The van der Waals surface area contributed by atoms with E-state index >= 15 is 0 Å². The van der Waals surface area contributed by atoms with Crippen LogP contribution in [0.2, 0.25) is 0 Å². The minimum atomic E-state index is -0.866. The monoisotopic (exact) mass is 219 g/mol. The van der Waals surface area contributed by atoms with Gasteiger partial charge in [-0.2, -0.15) is 0 Å². The number of hydrogen-bond acceptors (Lipinski definition) is 2. The lowest BCUT2D eigenvalue weighted by atomic mass is 9.91. The van der Waals surface area contributed by atoms with Crippen LogP contribution in [0, 0.1) is 0 Å². The van der Waals surface area contributed by atoms with Crippen molar-refractivity contribution >= 4 is 0 Å². The van der Waals surface area contributed by atoms with Gasteiger partial charge in [-0.25, -0.2) is 0 Å². The molecule has 0 aliphatic heterocycles. The summed E-state index contributed by atoms with van der Waals surface area (Å²) in [6.07, 6.45) is 0. The van der Waals surface area contributed by atoms with Gasteiger partial charge in [-0.15, -0.1) is 0 Å². The largest absolute Gasteiger partial charge is 0.384 e. The fourth-order valence-corrected chi connectivity index (χ4v) is 1.44. The first-order chi connectivity index (χ1) is 7.44. The molecule has 2 N–H and O–H groups in total. The predicted octanol–water partition coefficient (Wildman–Crippen LogP) is 2.49. The van der Waals surface area contributed by atoms with Crippen molar-refractivity contribution in [2.75, 3.05) is 0 Å². The van der Waals surface area contributed by atoms with Crippen molar-refractivity contribution in [1.82, 2.24) is 5.32 Å². The first-order valence-corrected chi connectivity index (χ1v) is 5.60. The zero-order chi connectivity index (χ0) is 12.2. The molecule has 0 spiro atoms. The topological polar surface area (TPSA) is 32.3 Å². The molecule has 0 bridgehead atoms. The van der Waals surface area contributed by atoms with E-state index in [1.165, 1.54) is 5.56 Å². The molecule has 2 atom stereocenters. The van der Waals surface area contributed by atoms with Crippen LogP contribution in [0.4, 0.5) is 0 Å². The summed E-state index contributed by atoms with van der Waals surface area (Å²) in [5.41, 5.74) is 1.13. The molecule has 0 radical (unpaired) electrons. The normalized spacial score (nSPS) is 16.5. The number of rotatable bonds is 5. The van der Waals surface area contributed by atoms with E-state index in [0.29, 0.717) is 0 Å². The smallest absolute Gasteiger partial charge is 0.0973 e. The molecule has 0 heterocycles. The molecule has 2 unspecified atom stereocenters. The molecule has 16 heavy (non-hydrogen) atoms. The molecule has 0 aliphatic rings. The highest BCUT2D eigenvalue weighted by Crippen LogP contribution is 2.18. The highest BCUT2D eigenvalue weighted by molar-refractivity contribution is 5.16. The van der Waals surface area contributed by atoms with E-state index in [1.807, 2.05) is 32.0 Å². The number of aliphatic hydroxyl groups is 1. The van der Waals surface area contributed by atoms with E-state index in [9.17, 15) is 5.11 Å². The molecule has 0 aromatic heterocycles. The van der Waals surface area contributed by atoms with Gasteiger partial charge in [0.2, 0.25) is 0 Å². The van der Waals surface area contributed by atoms with Crippen molar-refractivity contribution < 1.29 is 5.11 Å². The summed E-state index contributed by atoms with van der Waals surface area (Å²) in [6, 6.07) is 10.1. The maximum Gasteiger partial charge on any atom is 0.0973 e. The average Bonchev–Trinajstić information content (AvgIpc) is 2.27. The average molecular weight is 219 g/mol. The number of benzene rings is 1. The molecule has 0 saturated heterocycles. The van der Waals surface area contributed by atoms with Crippen LogP contribution in [0.3, 0.4) is 0 Å². The molecule has 1 rings (SSSR count). The Kier molecular flexibility index (Phi) is 4.27. The Balaban J connectivity index is 2.53. The molecule has 0 fully saturated rings. The van der Waals surface area contributed by atoms with Crippen molar-refractivity contribution in [3.8, 4) is 0 Å². The SMILES string of the molecule is C=C(C)C(C)(O)C(C)NCc1ccccc1. The quantitative estimate of drug-likeness (QED) is 0.746. The van der Waals surface area contributed by atoms with Crippen LogP contribution >= 0.6 is 0 Å². The molecule has 1 aromatic rings. The van der Waals surface area contributed by atoms with Crippen molar-refractivity contribution in [3.05, 3.63) is 48.0 Å². The Hall–Kier alpha value is -1.12. The number of hydrogen-bond donors (Lipinski definition) is 2. The predicted molar refractivity (Wildman–Crippen MR) is 68.2 cm³/mol. The fourth-order valence-electron chi connectivity index (χ4n) is 1.44. The third kappa shape index (κ3) is 3.19. The van der Waals surface area contributed by atoms with Gasteiger partial charge in [-0.05, 0) is 31.9 Å². The Morgan fingerprint density at radius 1 is 1.44 bits per heavy atom. The highest BCUT2D eigenvalue weighted by atomic mass is 16.3. The second-order valence-electron chi connectivity index (χ2n) is 4.52. The summed E-state index contributed by atoms with van der Waals surface area (Å²) in [7, 11) is 0. The summed E-state index contributed by atoms with van der Waals surface area (Å²) >= 11 is 0. The van der Waals surface area contributed by atoms with E-state index in [-0.39, 0.29) is 6.04 Å². The molecule has 0 saturated carbocycles. The number of nitrogens with one attached hydrogen (secondary N) is 1. The van der Waals surface area contributed by atoms with E-state index in [1.54, 1.807) is 6.92 Å². The Morgan fingerprint density at radius 2 is 2.00 bits per heavy atom. The lowest BCUT2D eigenvalue weighted by molar-refractivity contribution is 0.0615. The highest BCUT2D eigenvalue weighted by Gasteiger charge is 2.28. The molecule has 2 heteroatoms. The molecule has 2 nitrogen and oxygen atoms in total. The van der Waals surface area contributed by atoms with Crippen LogP contribution in [0.25, 0.3) is 0 Å². The van der Waals surface area contributed by atoms with Crippen LogP contribution in [0.15, 0.2) is 42.5 Å². The van der Waals surface area contributed by atoms with E-state index in [0.717, 1.165) is 12.1 Å². The van der Waals surface area contributed by atoms with Crippen molar-refractivity contribution in [2.24, 2.45) is 0 Å². The van der Waals surface area contributed by atoms with Gasteiger partial charge in [0.1, 0.15) is 0 Å². The van der Waals surface area contributed by atoms with Gasteiger partial charge in [0.15, 0.2) is 0 Å². The van der Waals surface area contributed by atoms with Crippen molar-refractivity contribution in [3.63, 3.8) is 0 Å². The lowest BCUT2D eigenvalue weighted by Crippen LogP contribution is -2.47. The van der Waals surface area contributed by atoms with Crippen LogP contribution in [-0.2, 0) is 6.54 Å². The third-order valence-corrected chi connectivity index (χ3v) is 3.16. The summed E-state index contributed by atoms with van der Waals surface area (Å²) in [4.78, 5) is 0. The van der Waals surface area contributed by atoms with Gasteiger partial charge in [0, 0.05) is 12.6 Å². The van der Waals surface area contributed by atoms with Crippen LogP contribution < -0.4 is 5.32 Å². The van der Waals surface area contributed by atoms with Crippen LogP contribution in [0.1, 0.15) is 26.3 Å².